The number of hydrogen-bond acceptors (Lipinski definition) is 1. The molecule has 0 aromatic heterocycles. The maximum absolute atomic E-state index is 4.37. The van der Waals surface area contributed by atoms with Gasteiger partial charge in [-0.05, 0) is 12.0 Å². The van der Waals surface area contributed by atoms with E-state index in [-0.39, 0.29) is 5.41 Å². The van der Waals surface area contributed by atoms with Gasteiger partial charge < -0.3 is 0 Å². The first kappa shape index (κ1) is 9.24. The fourth-order valence-corrected chi connectivity index (χ4v) is 1.06. The summed E-state index contributed by atoms with van der Waals surface area (Å²) >= 11 is 0. The second-order valence-corrected chi connectivity index (χ2v) is 4.18. The number of rotatable bonds is 1. The first-order chi connectivity index (χ1) is 5.51. The molecule has 0 saturated carbocycles. The van der Waals surface area contributed by atoms with E-state index in [4.69, 9.17) is 0 Å². The molecule has 1 aliphatic heterocycles. The molecule has 0 bridgehead atoms. The van der Waals surface area contributed by atoms with Gasteiger partial charge in [-0.25, -0.2) is 0 Å². The van der Waals surface area contributed by atoms with E-state index in [9.17, 15) is 0 Å². The van der Waals surface area contributed by atoms with E-state index >= 15 is 0 Å². The second kappa shape index (κ2) is 3.26. The average Bonchev–Trinajstić information content (AvgIpc) is 2.10. The summed E-state index contributed by atoms with van der Waals surface area (Å²) < 4.78 is 0. The molecule has 0 N–H and O–H groups in total. The van der Waals surface area contributed by atoms with E-state index in [1.54, 1.807) is 0 Å². The van der Waals surface area contributed by atoms with Crippen LogP contribution in [0.25, 0.3) is 0 Å². The Morgan fingerprint density at radius 1 is 1.25 bits per heavy atom. The molecule has 0 aliphatic carbocycles. The average molecular weight is 163 g/mol. The Balaban J connectivity index is 2.86. The lowest BCUT2D eigenvalue weighted by Gasteiger charge is -2.12. The molecular formula is C11H17N. The zero-order chi connectivity index (χ0) is 9.19. The molecule has 0 spiro atoms. The van der Waals surface area contributed by atoms with Crippen LogP contribution in [0.1, 0.15) is 27.7 Å². The topological polar surface area (TPSA) is 12.4 Å². The molecule has 0 amide bonds. The van der Waals surface area contributed by atoms with Gasteiger partial charge in [-0.1, -0.05) is 39.8 Å². The van der Waals surface area contributed by atoms with Gasteiger partial charge in [-0.3, -0.25) is 4.99 Å². The number of aliphatic imine (C=N–C) groups is 1. The van der Waals surface area contributed by atoms with Crippen LogP contribution in [-0.2, 0) is 0 Å². The molecule has 1 rings (SSSR count). The standard InChI is InChI=1S/C11H17N/c1-9(2)10-5-6-11(3,4)7-8-12-10/h5-9H,1-4H3. The van der Waals surface area contributed by atoms with E-state index in [0.717, 1.165) is 5.71 Å². The summed E-state index contributed by atoms with van der Waals surface area (Å²) in [6.07, 6.45) is 8.37. The molecule has 0 radical (unpaired) electrons. The highest BCUT2D eigenvalue weighted by Crippen LogP contribution is 2.21. The van der Waals surface area contributed by atoms with E-state index in [1.165, 1.54) is 0 Å². The van der Waals surface area contributed by atoms with Crippen LogP contribution in [0.15, 0.2) is 29.4 Å². The third kappa shape index (κ3) is 2.33. The first-order valence-corrected chi connectivity index (χ1v) is 4.46. The van der Waals surface area contributed by atoms with Crippen molar-refractivity contribution >= 4 is 5.71 Å². The van der Waals surface area contributed by atoms with Crippen LogP contribution in [0.3, 0.4) is 0 Å². The maximum Gasteiger partial charge on any atom is 0.0425 e. The molecule has 1 aliphatic rings. The lowest BCUT2D eigenvalue weighted by Crippen LogP contribution is -2.04. The van der Waals surface area contributed by atoms with E-state index in [1.807, 2.05) is 6.20 Å². The van der Waals surface area contributed by atoms with Gasteiger partial charge >= 0.3 is 0 Å². The number of nitrogens with zero attached hydrogens (tertiary/aromatic N) is 1. The van der Waals surface area contributed by atoms with Crippen molar-refractivity contribution < 1.29 is 0 Å². The monoisotopic (exact) mass is 163 g/mol. The minimum atomic E-state index is 0.153. The summed E-state index contributed by atoms with van der Waals surface area (Å²) in [7, 11) is 0. The largest absolute Gasteiger partial charge is 0.261 e. The summed E-state index contributed by atoms with van der Waals surface area (Å²) in [6, 6.07) is 0. The molecule has 1 nitrogen and oxygen atoms in total. The van der Waals surface area contributed by atoms with Crippen molar-refractivity contribution in [3.8, 4) is 0 Å². The molecule has 1 heterocycles. The predicted molar refractivity (Wildman–Crippen MR) is 54.3 cm³/mol. The van der Waals surface area contributed by atoms with Crippen LogP contribution >= 0.6 is 0 Å². The molecule has 1 heteroatoms. The molecule has 12 heavy (non-hydrogen) atoms. The van der Waals surface area contributed by atoms with Crippen LogP contribution in [0.2, 0.25) is 0 Å². The van der Waals surface area contributed by atoms with Crippen molar-refractivity contribution in [3.05, 3.63) is 24.4 Å². The number of allylic oxidation sites excluding steroid dienone is 3. The van der Waals surface area contributed by atoms with Crippen LogP contribution in [-0.4, -0.2) is 5.71 Å². The van der Waals surface area contributed by atoms with Crippen molar-refractivity contribution in [3.63, 3.8) is 0 Å². The second-order valence-electron chi connectivity index (χ2n) is 4.18. The third-order valence-corrected chi connectivity index (χ3v) is 2.00. The van der Waals surface area contributed by atoms with Gasteiger partial charge in [0.25, 0.3) is 0 Å². The van der Waals surface area contributed by atoms with Crippen molar-refractivity contribution in [2.45, 2.75) is 27.7 Å². The Labute approximate surface area is 74.9 Å². The van der Waals surface area contributed by atoms with Crippen LogP contribution < -0.4 is 0 Å². The summed E-state index contributed by atoms with van der Waals surface area (Å²) in [5.74, 6) is 0.514. The van der Waals surface area contributed by atoms with Crippen molar-refractivity contribution in [1.82, 2.24) is 0 Å². The third-order valence-electron chi connectivity index (χ3n) is 2.00. The van der Waals surface area contributed by atoms with Gasteiger partial charge in [0.2, 0.25) is 0 Å². The van der Waals surface area contributed by atoms with Gasteiger partial charge in [0.05, 0.1) is 0 Å². The lowest BCUT2D eigenvalue weighted by atomic mass is 9.92. The van der Waals surface area contributed by atoms with Gasteiger partial charge in [0.15, 0.2) is 0 Å². The summed E-state index contributed by atoms with van der Waals surface area (Å²) in [5, 5.41) is 0. The van der Waals surface area contributed by atoms with Crippen LogP contribution in [0, 0.1) is 11.3 Å². The highest BCUT2D eigenvalue weighted by molar-refractivity contribution is 5.97. The van der Waals surface area contributed by atoms with Crippen molar-refractivity contribution in [2.75, 3.05) is 0 Å². The highest BCUT2D eigenvalue weighted by Gasteiger charge is 2.11. The summed E-state index contributed by atoms with van der Waals surface area (Å²) in [5.41, 5.74) is 1.32. The molecule has 0 aromatic carbocycles. The molecule has 66 valence electrons. The van der Waals surface area contributed by atoms with Gasteiger partial charge in [-0.2, -0.15) is 0 Å². The summed E-state index contributed by atoms with van der Waals surface area (Å²) in [4.78, 5) is 4.37. The number of hydrogen-bond donors (Lipinski definition) is 0. The van der Waals surface area contributed by atoms with E-state index < -0.39 is 0 Å². The molecular weight excluding hydrogens is 146 g/mol. The Bertz CT molecular complexity index is 242. The van der Waals surface area contributed by atoms with Crippen molar-refractivity contribution in [2.24, 2.45) is 16.3 Å². The maximum atomic E-state index is 4.37. The minimum Gasteiger partial charge on any atom is -0.261 e. The molecule has 0 fully saturated rings. The Kier molecular flexibility index (Phi) is 2.51. The van der Waals surface area contributed by atoms with E-state index in [0.29, 0.717) is 5.92 Å². The fraction of sp³-hybridized carbons (Fsp3) is 0.545. The van der Waals surface area contributed by atoms with Gasteiger partial charge in [-0.15, -0.1) is 0 Å². The minimum absolute atomic E-state index is 0.153. The highest BCUT2D eigenvalue weighted by atomic mass is 14.7. The fourth-order valence-electron chi connectivity index (χ4n) is 1.06. The zero-order valence-corrected chi connectivity index (χ0v) is 8.33. The van der Waals surface area contributed by atoms with Crippen molar-refractivity contribution in [1.29, 1.82) is 0 Å². The SMILES string of the molecule is CC(C)C1=NC=CC(C)(C)C=C1. The Morgan fingerprint density at radius 3 is 2.50 bits per heavy atom. The Morgan fingerprint density at radius 2 is 1.92 bits per heavy atom. The van der Waals surface area contributed by atoms with Crippen LogP contribution in [0.5, 0.6) is 0 Å². The lowest BCUT2D eigenvalue weighted by molar-refractivity contribution is 0.626. The molecule has 0 aromatic rings. The first-order valence-electron chi connectivity index (χ1n) is 4.46. The van der Waals surface area contributed by atoms with Gasteiger partial charge in [0, 0.05) is 17.3 Å². The summed E-state index contributed by atoms with van der Waals surface area (Å²) in [6.45, 7) is 8.68. The van der Waals surface area contributed by atoms with Crippen LogP contribution in [0.4, 0.5) is 0 Å². The smallest absolute Gasteiger partial charge is 0.0425 e. The quantitative estimate of drug-likeness (QED) is 0.563. The predicted octanol–water partition coefficient (Wildman–Crippen LogP) is 3.19. The Hall–Kier alpha value is -0.850. The van der Waals surface area contributed by atoms with Gasteiger partial charge in [0.1, 0.15) is 0 Å². The van der Waals surface area contributed by atoms with E-state index in [2.05, 4.69) is 50.9 Å². The normalized spacial score (nSPS) is 20.9. The molecule has 0 saturated heterocycles. The zero-order valence-electron chi connectivity index (χ0n) is 8.33. The molecule has 0 unspecified atom stereocenters. The molecule has 0 atom stereocenters.